The van der Waals surface area contributed by atoms with Crippen molar-refractivity contribution >= 4 is 39.2 Å². The van der Waals surface area contributed by atoms with Gasteiger partial charge in [-0.1, -0.05) is 6.92 Å². The van der Waals surface area contributed by atoms with Crippen molar-refractivity contribution in [3.05, 3.63) is 26.9 Å². The Morgan fingerprint density at radius 1 is 1.81 bits per heavy atom. The van der Waals surface area contributed by atoms with Gasteiger partial charge in [0.2, 0.25) is 5.91 Å². The maximum absolute atomic E-state index is 11.4. The first-order valence-electron chi connectivity index (χ1n) is 4.78. The Labute approximate surface area is 107 Å². The van der Waals surface area contributed by atoms with Crippen molar-refractivity contribution in [3.63, 3.8) is 0 Å². The van der Waals surface area contributed by atoms with Gasteiger partial charge in [0.05, 0.1) is 9.86 Å². The molecule has 0 bridgehead atoms. The monoisotopic (exact) mass is 298 g/mol. The molecule has 1 atom stereocenters. The predicted octanol–water partition coefficient (Wildman–Crippen LogP) is 2.94. The molecule has 0 aliphatic carbocycles. The SMILES string of the molecule is CCC(C#N)NC(=O)/C=C/c1csc(Br)c1. The van der Waals surface area contributed by atoms with Crippen LogP contribution in [0, 0.1) is 11.3 Å². The molecule has 1 aromatic heterocycles. The van der Waals surface area contributed by atoms with Crippen LogP contribution in [-0.4, -0.2) is 11.9 Å². The summed E-state index contributed by atoms with van der Waals surface area (Å²) in [6, 6.07) is 3.53. The molecular formula is C11H11BrN2OS. The lowest BCUT2D eigenvalue weighted by Crippen LogP contribution is -2.31. The fourth-order valence-corrected chi connectivity index (χ4v) is 2.17. The number of amides is 1. The molecule has 3 nitrogen and oxygen atoms in total. The second-order valence-corrected chi connectivity index (χ2v) is 5.41. The second-order valence-electron chi connectivity index (χ2n) is 3.12. The zero-order valence-electron chi connectivity index (χ0n) is 8.74. The summed E-state index contributed by atoms with van der Waals surface area (Å²) in [4.78, 5) is 11.4. The van der Waals surface area contributed by atoms with E-state index in [1.54, 1.807) is 17.4 Å². The van der Waals surface area contributed by atoms with Crippen LogP contribution in [0.1, 0.15) is 18.9 Å². The summed E-state index contributed by atoms with van der Waals surface area (Å²) in [5, 5.41) is 13.2. The maximum Gasteiger partial charge on any atom is 0.245 e. The van der Waals surface area contributed by atoms with Crippen molar-refractivity contribution in [1.82, 2.24) is 5.32 Å². The smallest absolute Gasteiger partial charge is 0.245 e. The Morgan fingerprint density at radius 3 is 3.06 bits per heavy atom. The summed E-state index contributed by atoms with van der Waals surface area (Å²) >= 11 is 4.90. The zero-order chi connectivity index (χ0) is 12.0. The van der Waals surface area contributed by atoms with E-state index in [1.807, 2.05) is 24.4 Å². The number of thiophene rings is 1. The van der Waals surface area contributed by atoms with Crippen LogP contribution < -0.4 is 5.32 Å². The number of carbonyl (C=O) groups excluding carboxylic acids is 1. The Bertz CT molecular complexity index is 433. The minimum Gasteiger partial charge on any atom is -0.337 e. The van der Waals surface area contributed by atoms with E-state index >= 15 is 0 Å². The van der Waals surface area contributed by atoms with Gasteiger partial charge in [0, 0.05) is 6.08 Å². The van der Waals surface area contributed by atoms with Crippen LogP contribution in [0.3, 0.4) is 0 Å². The summed E-state index contributed by atoms with van der Waals surface area (Å²) in [5.74, 6) is -0.240. The van der Waals surface area contributed by atoms with Gasteiger partial charge in [-0.3, -0.25) is 4.79 Å². The van der Waals surface area contributed by atoms with Gasteiger partial charge in [-0.05, 0) is 45.4 Å². The minimum absolute atomic E-state index is 0.240. The number of rotatable bonds is 4. The third-order valence-electron chi connectivity index (χ3n) is 1.90. The average molecular weight is 299 g/mol. The van der Waals surface area contributed by atoms with Gasteiger partial charge in [0.1, 0.15) is 6.04 Å². The molecule has 16 heavy (non-hydrogen) atoms. The van der Waals surface area contributed by atoms with Crippen LogP contribution in [-0.2, 0) is 4.79 Å². The molecule has 1 amide bonds. The zero-order valence-corrected chi connectivity index (χ0v) is 11.1. The molecular weight excluding hydrogens is 288 g/mol. The Morgan fingerprint density at radius 2 is 2.56 bits per heavy atom. The average Bonchev–Trinajstić information content (AvgIpc) is 2.69. The molecule has 0 aliphatic heterocycles. The first-order valence-corrected chi connectivity index (χ1v) is 6.45. The largest absolute Gasteiger partial charge is 0.337 e. The number of halogens is 1. The number of hydrogen-bond acceptors (Lipinski definition) is 3. The topological polar surface area (TPSA) is 52.9 Å². The highest BCUT2D eigenvalue weighted by atomic mass is 79.9. The van der Waals surface area contributed by atoms with Gasteiger partial charge in [0.25, 0.3) is 0 Å². The molecule has 0 fully saturated rings. The van der Waals surface area contributed by atoms with Crippen LogP contribution in [0.2, 0.25) is 0 Å². The molecule has 0 aromatic carbocycles. The Hall–Kier alpha value is -1.12. The second kappa shape index (κ2) is 6.46. The third kappa shape index (κ3) is 4.17. The lowest BCUT2D eigenvalue weighted by molar-refractivity contribution is -0.116. The number of carbonyl (C=O) groups is 1. The van der Waals surface area contributed by atoms with Crippen molar-refractivity contribution in [3.8, 4) is 6.07 Å². The lowest BCUT2D eigenvalue weighted by Gasteiger charge is -2.05. The van der Waals surface area contributed by atoms with E-state index in [4.69, 9.17) is 5.26 Å². The van der Waals surface area contributed by atoms with E-state index in [2.05, 4.69) is 21.2 Å². The normalized spacial score (nSPS) is 12.3. The van der Waals surface area contributed by atoms with E-state index in [-0.39, 0.29) is 5.91 Å². The fourth-order valence-electron chi connectivity index (χ4n) is 1.03. The summed E-state index contributed by atoms with van der Waals surface area (Å²) in [6.45, 7) is 1.86. The van der Waals surface area contributed by atoms with Gasteiger partial charge < -0.3 is 5.32 Å². The summed E-state index contributed by atoms with van der Waals surface area (Å²) in [6.07, 6.45) is 3.77. The molecule has 0 saturated carbocycles. The molecule has 84 valence electrons. The van der Waals surface area contributed by atoms with Crippen LogP contribution >= 0.6 is 27.3 Å². The molecule has 1 rings (SSSR count). The van der Waals surface area contributed by atoms with E-state index in [0.29, 0.717) is 6.42 Å². The van der Waals surface area contributed by atoms with Gasteiger partial charge in [-0.25, -0.2) is 0 Å². The quantitative estimate of drug-likeness (QED) is 0.869. The van der Waals surface area contributed by atoms with Crippen molar-refractivity contribution in [2.45, 2.75) is 19.4 Å². The van der Waals surface area contributed by atoms with E-state index in [0.717, 1.165) is 9.35 Å². The lowest BCUT2D eigenvalue weighted by atomic mass is 10.2. The number of nitriles is 1. The summed E-state index contributed by atoms with van der Waals surface area (Å²) < 4.78 is 1.02. The summed E-state index contributed by atoms with van der Waals surface area (Å²) in [7, 11) is 0. The van der Waals surface area contributed by atoms with E-state index in [9.17, 15) is 4.79 Å². The van der Waals surface area contributed by atoms with Gasteiger partial charge in [-0.15, -0.1) is 11.3 Å². The molecule has 1 heterocycles. The maximum atomic E-state index is 11.4. The van der Waals surface area contributed by atoms with Crippen LogP contribution in [0.15, 0.2) is 21.3 Å². The third-order valence-corrected chi connectivity index (χ3v) is 3.42. The Balaban J connectivity index is 2.52. The highest BCUT2D eigenvalue weighted by Gasteiger charge is 2.05. The van der Waals surface area contributed by atoms with Gasteiger partial charge >= 0.3 is 0 Å². The molecule has 0 radical (unpaired) electrons. The molecule has 0 aliphatic rings. The van der Waals surface area contributed by atoms with Crippen molar-refractivity contribution in [1.29, 1.82) is 5.26 Å². The molecule has 0 saturated heterocycles. The van der Waals surface area contributed by atoms with E-state index < -0.39 is 6.04 Å². The fraction of sp³-hybridized carbons (Fsp3) is 0.273. The summed E-state index contributed by atoms with van der Waals surface area (Å²) in [5.41, 5.74) is 0.969. The van der Waals surface area contributed by atoms with Crippen LogP contribution in [0.25, 0.3) is 6.08 Å². The van der Waals surface area contributed by atoms with Crippen LogP contribution in [0.5, 0.6) is 0 Å². The van der Waals surface area contributed by atoms with Crippen LogP contribution in [0.4, 0.5) is 0 Å². The number of nitrogens with one attached hydrogen (secondary N) is 1. The standard InChI is InChI=1S/C11H11BrN2OS/c1-2-9(6-13)14-11(15)4-3-8-5-10(12)16-7-8/h3-5,7,9H,2H2,1H3,(H,14,15)/b4-3+. The first-order chi connectivity index (χ1) is 7.65. The molecule has 0 spiro atoms. The molecule has 5 heteroatoms. The Kier molecular flexibility index (Phi) is 5.23. The molecule has 1 aromatic rings. The van der Waals surface area contributed by atoms with Crippen molar-refractivity contribution < 1.29 is 4.79 Å². The number of hydrogen-bond donors (Lipinski definition) is 1. The van der Waals surface area contributed by atoms with Crippen molar-refractivity contribution in [2.75, 3.05) is 0 Å². The predicted molar refractivity (Wildman–Crippen MR) is 68.9 cm³/mol. The molecule has 1 N–H and O–H groups in total. The van der Waals surface area contributed by atoms with Gasteiger partial charge in [-0.2, -0.15) is 5.26 Å². The van der Waals surface area contributed by atoms with E-state index in [1.165, 1.54) is 6.08 Å². The minimum atomic E-state index is -0.411. The molecule has 1 unspecified atom stereocenters. The van der Waals surface area contributed by atoms with Gasteiger partial charge in [0.15, 0.2) is 0 Å². The first kappa shape index (κ1) is 12.9. The van der Waals surface area contributed by atoms with Crippen molar-refractivity contribution in [2.24, 2.45) is 0 Å². The highest BCUT2D eigenvalue weighted by Crippen LogP contribution is 2.21. The number of nitrogens with zero attached hydrogens (tertiary/aromatic N) is 1. The highest BCUT2D eigenvalue weighted by molar-refractivity contribution is 9.11.